The Labute approximate surface area is 137 Å². The minimum absolute atomic E-state index is 0.0671. The molecule has 7 nitrogen and oxygen atoms in total. The van der Waals surface area contributed by atoms with Gasteiger partial charge >= 0.3 is 0 Å². The molecule has 1 aromatic heterocycles. The van der Waals surface area contributed by atoms with Crippen molar-refractivity contribution in [2.75, 3.05) is 6.54 Å². The smallest absolute Gasteiger partial charge is 0.250 e. The average molecular weight is 348 g/mol. The number of carbonyl (C=O) groups excluding carboxylic acids is 1. The van der Waals surface area contributed by atoms with Crippen molar-refractivity contribution in [1.82, 2.24) is 19.7 Å². The van der Waals surface area contributed by atoms with E-state index >= 15 is 0 Å². The zero-order valence-corrected chi connectivity index (χ0v) is 13.2. The summed E-state index contributed by atoms with van der Waals surface area (Å²) < 4.78 is 40.4. The predicted octanol–water partition coefficient (Wildman–Crippen LogP) is 1.58. The molecule has 0 unspecified atom stereocenters. The van der Waals surface area contributed by atoms with Crippen LogP contribution in [0.3, 0.4) is 0 Å². The predicted molar refractivity (Wildman–Crippen MR) is 84.4 cm³/mol. The normalized spacial score (nSPS) is 11.7. The lowest BCUT2D eigenvalue weighted by atomic mass is 10.3. The Morgan fingerprint density at radius 2 is 1.83 bits per heavy atom. The van der Waals surface area contributed by atoms with Crippen molar-refractivity contribution in [2.45, 2.75) is 11.3 Å². The lowest BCUT2D eigenvalue weighted by Crippen LogP contribution is -2.27. The molecule has 1 heterocycles. The minimum atomic E-state index is -3.80. The lowest BCUT2D eigenvalue weighted by molar-refractivity contribution is 0.0892. The summed E-state index contributed by atoms with van der Waals surface area (Å²) >= 11 is 0. The second kappa shape index (κ2) is 6.46. The molecule has 0 aliphatic rings. The highest BCUT2D eigenvalue weighted by Crippen LogP contribution is 2.11. The Balaban J connectivity index is 1.65. The minimum Gasteiger partial charge on any atom is -0.272 e. The molecule has 24 heavy (non-hydrogen) atoms. The fourth-order valence-corrected chi connectivity index (χ4v) is 3.18. The van der Waals surface area contributed by atoms with Crippen molar-refractivity contribution in [3.05, 3.63) is 54.3 Å². The van der Waals surface area contributed by atoms with Crippen LogP contribution in [-0.4, -0.2) is 35.9 Å². The molecule has 0 atom stereocenters. The fraction of sp³-hybridized carbons (Fsp3) is 0.133. The van der Waals surface area contributed by atoms with Crippen LogP contribution < -0.4 is 4.72 Å². The zero-order valence-electron chi connectivity index (χ0n) is 12.4. The van der Waals surface area contributed by atoms with E-state index in [1.54, 1.807) is 24.3 Å². The van der Waals surface area contributed by atoms with Crippen LogP contribution in [0.5, 0.6) is 0 Å². The summed E-state index contributed by atoms with van der Waals surface area (Å²) in [7, 11) is -3.80. The van der Waals surface area contributed by atoms with Crippen LogP contribution in [0, 0.1) is 5.82 Å². The van der Waals surface area contributed by atoms with E-state index in [1.807, 2.05) is 0 Å². The number of para-hydroxylation sites is 1. The summed E-state index contributed by atoms with van der Waals surface area (Å²) in [6.07, 6.45) is -0.0895. The van der Waals surface area contributed by atoms with Crippen LogP contribution in [-0.2, 0) is 10.0 Å². The second-order valence-electron chi connectivity index (χ2n) is 4.99. The van der Waals surface area contributed by atoms with Crippen molar-refractivity contribution in [1.29, 1.82) is 0 Å². The molecule has 0 aliphatic heterocycles. The lowest BCUT2D eigenvalue weighted by Gasteiger charge is -2.06. The topological polar surface area (TPSA) is 94.0 Å². The molecule has 0 radical (unpaired) electrons. The van der Waals surface area contributed by atoms with E-state index in [4.69, 9.17) is 0 Å². The van der Waals surface area contributed by atoms with Crippen LogP contribution in [0.4, 0.5) is 4.39 Å². The summed E-state index contributed by atoms with van der Waals surface area (Å²) in [4.78, 5) is 12.1. The standard InChI is InChI=1S/C15H13FN4O3S/c16-11-5-7-12(8-6-11)24(22,23)17-10-9-15(21)20-14-4-2-1-3-13(14)18-19-20/h1-8,17H,9-10H2. The molecule has 9 heteroatoms. The van der Waals surface area contributed by atoms with Gasteiger partial charge in [-0.05, 0) is 36.4 Å². The average Bonchev–Trinajstić information content (AvgIpc) is 2.99. The summed E-state index contributed by atoms with van der Waals surface area (Å²) in [6.45, 7) is -0.104. The molecule has 3 rings (SSSR count). The van der Waals surface area contributed by atoms with E-state index in [9.17, 15) is 17.6 Å². The third-order valence-corrected chi connectivity index (χ3v) is 4.82. The molecule has 0 spiro atoms. The van der Waals surface area contributed by atoms with Gasteiger partial charge in [-0.1, -0.05) is 17.3 Å². The first-order valence-corrected chi connectivity index (χ1v) is 8.54. The third-order valence-electron chi connectivity index (χ3n) is 3.34. The van der Waals surface area contributed by atoms with Crippen LogP contribution >= 0.6 is 0 Å². The summed E-state index contributed by atoms with van der Waals surface area (Å²) in [5.74, 6) is -0.910. The molecule has 0 saturated heterocycles. The van der Waals surface area contributed by atoms with E-state index in [2.05, 4.69) is 15.0 Å². The maximum absolute atomic E-state index is 12.8. The van der Waals surface area contributed by atoms with Crippen molar-refractivity contribution in [3.8, 4) is 0 Å². The second-order valence-corrected chi connectivity index (χ2v) is 6.75. The van der Waals surface area contributed by atoms with E-state index in [0.717, 1.165) is 28.9 Å². The molecular formula is C15H13FN4O3S. The van der Waals surface area contributed by atoms with Gasteiger partial charge in [0.05, 0.1) is 10.4 Å². The SMILES string of the molecule is O=C(CCNS(=O)(=O)c1ccc(F)cc1)n1nnc2ccccc21. The third kappa shape index (κ3) is 3.31. The molecule has 0 aliphatic carbocycles. The van der Waals surface area contributed by atoms with Gasteiger partial charge in [0.15, 0.2) is 0 Å². The molecule has 0 bridgehead atoms. The molecule has 0 fully saturated rings. The number of carbonyl (C=O) groups is 1. The van der Waals surface area contributed by atoms with Gasteiger partial charge in [0, 0.05) is 13.0 Å². The van der Waals surface area contributed by atoms with E-state index in [0.29, 0.717) is 11.0 Å². The molecule has 0 amide bonds. The number of fused-ring (bicyclic) bond motifs is 1. The van der Waals surface area contributed by atoms with Gasteiger partial charge in [-0.25, -0.2) is 17.5 Å². The highest BCUT2D eigenvalue weighted by atomic mass is 32.2. The monoisotopic (exact) mass is 348 g/mol. The van der Waals surface area contributed by atoms with Crippen LogP contribution in [0.1, 0.15) is 11.2 Å². The first-order chi connectivity index (χ1) is 11.5. The molecular weight excluding hydrogens is 335 g/mol. The molecule has 124 valence electrons. The van der Waals surface area contributed by atoms with Crippen molar-refractivity contribution >= 4 is 27.0 Å². The van der Waals surface area contributed by atoms with Crippen molar-refractivity contribution < 1.29 is 17.6 Å². The van der Waals surface area contributed by atoms with Crippen LogP contribution in [0.15, 0.2) is 53.4 Å². The highest BCUT2D eigenvalue weighted by Gasteiger charge is 2.16. The van der Waals surface area contributed by atoms with E-state index in [1.165, 1.54) is 0 Å². The van der Waals surface area contributed by atoms with Gasteiger partial charge in [0.25, 0.3) is 0 Å². The number of hydrogen-bond donors (Lipinski definition) is 1. The molecule has 2 aromatic carbocycles. The highest BCUT2D eigenvalue weighted by molar-refractivity contribution is 7.89. The van der Waals surface area contributed by atoms with E-state index in [-0.39, 0.29) is 23.8 Å². The number of benzene rings is 2. The van der Waals surface area contributed by atoms with E-state index < -0.39 is 15.8 Å². The van der Waals surface area contributed by atoms with Gasteiger partial charge in [-0.3, -0.25) is 4.79 Å². The Bertz CT molecular complexity index is 983. The maximum Gasteiger partial charge on any atom is 0.250 e. The number of nitrogens with zero attached hydrogens (tertiary/aromatic N) is 3. The first-order valence-electron chi connectivity index (χ1n) is 7.06. The van der Waals surface area contributed by atoms with Gasteiger partial charge in [0.1, 0.15) is 11.3 Å². The maximum atomic E-state index is 12.8. The Hall–Kier alpha value is -2.65. The van der Waals surface area contributed by atoms with Crippen LogP contribution in [0.25, 0.3) is 11.0 Å². The largest absolute Gasteiger partial charge is 0.272 e. The van der Waals surface area contributed by atoms with Gasteiger partial charge < -0.3 is 0 Å². The van der Waals surface area contributed by atoms with Crippen molar-refractivity contribution in [2.24, 2.45) is 0 Å². The summed E-state index contributed by atoms with van der Waals surface area (Å²) in [5, 5.41) is 7.65. The zero-order chi connectivity index (χ0) is 17.2. The molecule has 1 N–H and O–H groups in total. The number of hydrogen-bond acceptors (Lipinski definition) is 5. The fourth-order valence-electron chi connectivity index (χ4n) is 2.15. The van der Waals surface area contributed by atoms with Gasteiger partial charge in [-0.15, -0.1) is 5.10 Å². The number of halogens is 1. The quantitative estimate of drug-likeness (QED) is 0.755. The molecule has 0 saturated carbocycles. The number of sulfonamides is 1. The Kier molecular flexibility index (Phi) is 4.36. The number of nitrogens with one attached hydrogen (secondary N) is 1. The van der Waals surface area contributed by atoms with Gasteiger partial charge in [0.2, 0.25) is 15.9 Å². The summed E-state index contributed by atoms with van der Waals surface area (Å²) in [6, 6.07) is 11.4. The Morgan fingerprint density at radius 1 is 1.12 bits per heavy atom. The number of aromatic nitrogens is 3. The first kappa shape index (κ1) is 16.2. The summed E-state index contributed by atoms with van der Waals surface area (Å²) in [5.41, 5.74) is 1.14. The van der Waals surface area contributed by atoms with Crippen LogP contribution in [0.2, 0.25) is 0 Å². The number of rotatable bonds is 5. The van der Waals surface area contributed by atoms with Crippen molar-refractivity contribution in [3.63, 3.8) is 0 Å². The van der Waals surface area contributed by atoms with Gasteiger partial charge in [-0.2, -0.15) is 4.68 Å². The molecule has 3 aromatic rings. The Morgan fingerprint density at radius 3 is 2.58 bits per heavy atom.